The fraction of sp³-hybridized carbons (Fsp3) is 0.455. The zero-order valence-electron chi connectivity index (χ0n) is 8.52. The molecule has 1 unspecified atom stereocenters. The van der Waals surface area contributed by atoms with E-state index in [-0.39, 0.29) is 11.7 Å². The van der Waals surface area contributed by atoms with E-state index in [4.69, 9.17) is 4.74 Å². The average molecular weight is 274 g/mol. The highest BCUT2D eigenvalue weighted by atomic mass is 79.9. The van der Waals surface area contributed by atoms with Crippen molar-refractivity contribution in [2.45, 2.75) is 12.3 Å². The van der Waals surface area contributed by atoms with E-state index in [0.29, 0.717) is 10.2 Å². The summed E-state index contributed by atoms with van der Waals surface area (Å²) in [5.41, 5.74) is 0.750. The summed E-state index contributed by atoms with van der Waals surface area (Å²) in [6.07, 6.45) is 0.988. The molecular weight excluding hydrogens is 261 g/mol. The zero-order chi connectivity index (χ0) is 10.8. The van der Waals surface area contributed by atoms with Gasteiger partial charge in [-0.1, -0.05) is 0 Å². The van der Waals surface area contributed by atoms with Crippen LogP contribution in [0.5, 0.6) is 5.75 Å². The van der Waals surface area contributed by atoms with Gasteiger partial charge in [-0.15, -0.1) is 0 Å². The number of rotatable bonds is 2. The van der Waals surface area contributed by atoms with Gasteiger partial charge in [-0.3, -0.25) is 0 Å². The first-order valence-electron chi connectivity index (χ1n) is 4.96. The average Bonchev–Trinajstić information content (AvgIpc) is 2.71. The summed E-state index contributed by atoms with van der Waals surface area (Å²) in [4.78, 5) is 0. The molecule has 1 aliphatic rings. The molecule has 1 saturated heterocycles. The monoisotopic (exact) mass is 273 g/mol. The van der Waals surface area contributed by atoms with Crippen LogP contribution in [0.3, 0.4) is 0 Å². The minimum atomic E-state index is -0.156. The molecule has 1 heterocycles. The van der Waals surface area contributed by atoms with Crippen molar-refractivity contribution in [2.75, 3.05) is 20.2 Å². The minimum absolute atomic E-state index is 0.156. The Kier molecular flexibility index (Phi) is 3.26. The van der Waals surface area contributed by atoms with Crippen molar-refractivity contribution in [3.63, 3.8) is 0 Å². The predicted octanol–water partition coefficient (Wildman–Crippen LogP) is 2.67. The number of hydrogen-bond donors (Lipinski definition) is 1. The van der Waals surface area contributed by atoms with E-state index < -0.39 is 0 Å². The molecule has 1 aromatic rings. The summed E-state index contributed by atoms with van der Waals surface area (Å²) in [7, 11) is 1.59. The van der Waals surface area contributed by atoms with E-state index in [2.05, 4.69) is 21.2 Å². The van der Waals surface area contributed by atoms with Crippen molar-refractivity contribution in [3.05, 3.63) is 28.0 Å². The molecule has 0 amide bonds. The summed E-state index contributed by atoms with van der Waals surface area (Å²) < 4.78 is 19.5. The van der Waals surface area contributed by atoms with Gasteiger partial charge >= 0.3 is 0 Å². The summed E-state index contributed by atoms with van der Waals surface area (Å²) in [5.74, 6) is 0.807. The Morgan fingerprint density at radius 1 is 1.53 bits per heavy atom. The molecule has 0 radical (unpaired) electrons. The number of halogens is 2. The second-order valence-corrected chi connectivity index (χ2v) is 4.55. The molecule has 1 aliphatic heterocycles. The van der Waals surface area contributed by atoms with Gasteiger partial charge in [0, 0.05) is 12.5 Å². The molecule has 2 rings (SSSR count). The minimum Gasteiger partial charge on any atom is -0.496 e. The lowest BCUT2D eigenvalue weighted by atomic mass is 9.98. The van der Waals surface area contributed by atoms with Crippen LogP contribution in [0.15, 0.2) is 16.6 Å². The summed E-state index contributed by atoms with van der Waals surface area (Å²) in [6, 6.07) is 3.27. The van der Waals surface area contributed by atoms with Gasteiger partial charge in [0.05, 0.1) is 11.6 Å². The maximum atomic E-state index is 13.7. The van der Waals surface area contributed by atoms with E-state index >= 15 is 0 Å². The SMILES string of the molecule is COc1cc(C2CCNC2)c(F)cc1Br. The van der Waals surface area contributed by atoms with Crippen molar-refractivity contribution in [3.8, 4) is 5.75 Å². The molecule has 15 heavy (non-hydrogen) atoms. The highest BCUT2D eigenvalue weighted by molar-refractivity contribution is 9.10. The van der Waals surface area contributed by atoms with Gasteiger partial charge in [-0.25, -0.2) is 4.39 Å². The predicted molar refractivity (Wildman–Crippen MR) is 60.9 cm³/mol. The quantitative estimate of drug-likeness (QED) is 0.895. The van der Waals surface area contributed by atoms with Crippen LogP contribution in [-0.2, 0) is 0 Å². The van der Waals surface area contributed by atoms with Gasteiger partial charge in [0.2, 0.25) is 0 Å². The summed E-state index contributed by atoms with van der Waals surface area (Å²) in [6.45, 7) is 1.81. The fourth-order valence-electron chi connectivity index (χ4n) is 1.93. The van der Waals surface area contributed by atoms with E-state index in [0.717, 1.165) is 25.1 Å². The van der Waals surface area contributed by atoms with Gasteiger partial charge in [0.15, 0.2) is 0 Å². The topological polar surface area (TPSA) is 21.3 Å². The third-order valence-electron chi connectivity index (χ3n) is 2.77. The Labute approximate surface area is 96.9 Å². The Bertz CT molecular complexity index is 364. The molecule has 0 bridgehead atoms. The largest absolute Gasteiger partial charge is 0.496 e. The molecule has 4 heteroatoms. The second kappa shape index (κ2) is 4.49. The summed E-state index contributed by atoms with van der Waals surface area (Å²) >= 11 is 3.27. The maximum Gasteiger partial charge on any atom is 0.133 e. The Balaban J connectivity index is 2.37. The Morgan fingerprint density at radius 2 is 2.33 bits per heavy atom. The van der Waals surface area contributed by atoms with Gasteiger partial charge in [-0.2, -0.15) is 0 Å². The highest BCUT2D eigenvalue weighted by Crippen LogP contribution is 2.33. The van der Waals surface area contributed by atoms with E-state index in [1.807, 2.05) is 0 Å². The molecule has 0 spiro atoms. The van der Waals surface area contributed by atoms with Gasteiger partial charge < -0.3 is 10.1 Å². The second-order valence-electron chi connectivity index (χ2n) is 3.70. The van der Waals surface area contributed by atoms with Gasteiger partial charge in [0.25, 0.3) is 0 Å². The molecule has 1 aromatic carbocycles. The first-order chi connectivity index (χ1) is 7.22. The van der Waals surface area contributed by atoms with Crippen LogP contribution in [0.4, 0.5) is 4.39 Å². The lowest BCUT2D eigenvalue weighted by Crippen LogP contribution is -2.09. The smallest absolute Gasteiger partial charge is 0.133 e. The lowest BCUT2D eigenvalue weighted by molar-refractivity contribution is 0.409. The molecular formula is C11H13BrFNO. The van der Waals surface area contributed by atoms with Crippen LogP contribution in [0.25, 0.3) is 0 Å². The molecule has 0 aromatic heterocycles. The van der Waals surface area contributed by atoms with Crippen LogP contribution in [0.1, 0.15) is 17.9 Å². The van der Waals surface area contributed by atoms with Gasteiger partial charge in [-0.05, 0) is 46.6 Å². The van der Waals surface area contributed by atoms with Crippen LogP contribution in [0, 0.1) is 5.82 Å². The standard InChI is InChI=1S/C11H13BrFNO/c1-15-11-4-8(7-2-3-14-6-7)10(13)5-9(11)12/h4-5,7,14H,2-3,6H2,1H3. The zero-order valence-corrected chi connectivity index (χ0v) is 10.1. The molecule has 82 valence electrons. The van der Waals surface area contributed by atoms with Crippen LogP contribution >= 0.6 is 15.9 Å². The molecule has 0 aliphatic carbocycles. The molecule has 1 atom stereocenters. The fourth-order valence-corrected chi connectivity index (χ4v) is 2.41. The normalized spacial score (nSPS) is 20.6. The first-order valence-corrected chi connectivity index (χ1v) is 5.75. The summed E-state index contributed by atoms with van der Waals surface area (Å²) in [5, 5.41) is 3.23. The third-order valence-corrected chi connectivity index (χ3v) is 3.39. The first kappa shape index (κ1) is 10.9. The van der Waals surface area contributed by atoms with Crippen molar-refractivity contribution >= 4 is 15.9 Å². The van der Waals surface area contributed by atoms with Crippen molar-refractivity contribution in [2.24, 2.45) is 0 Å². The van der Waals surface area contributed by atoms with Crippen molar-refractivity contribution in [1.82, 2.24) is 5.32 Å². The highest BCUT2D eigenvalue weighted by Gasteiger charge is 2.21. The molecule has 1 N–H and O–H groups in total. The number of ether oxygens (including phenoxy) is 1. The third kappa shape index (κ3) is 2.16. The van der Waals surface area contributed by atoms with E-state index in [1.165, 1.54) is 6.07 Å². The van der Waals surface area contributed by atoms with Crippen LogP contribution in [-0.4, -0.2) is 20.2 Å². The number of hydrogen-bond acceptors (Lipinski definition) is 2. The molecule has 0 saturated carbocycles. The maximum absolute atomic E-state index is 13.7. The van der Waals surface area contributed by atoms with E-state index in [9.17, 15) is 4.39 Å². The van der Waals surface area contributed by atoms with Crippen LogP contribution < -0.4 is 10.1 Å². The van der Waals surface area contributed by atoms with Gasteiger partial charge in [0.1, 0.15) is 11.6 Å². The lowest BCUT2D eigenvalue weighted by Gasteiger charge is -2.12. The number of methoxy groups -OCH3 is 1. The van der Waals surface area contributed by atoms with Crippen molar-refractivity contribution in [1.29, 1.82) is 0 Å². The van der Waals surface area contributed by atoms with Crippen molar-refractivity contribution < 1.29 is 9.13 Å². The number of nitrogens with one attached hydrogen (secondary N) is 1. The Hall–Kier alpha value is -0.610. The number of benzene rings is 1. The van der Waals surface area contributed by atoms with Crippen LogP contribution in [0.2, 0.25) is 0 Å². The van der Waals surface area contributed by atoms with E-state index in [1.54, 1.807) is 13.2 Å². The Morgan fingerprint density at radius 3 is 2.93 bits per heavy atom. The molecule has 2 nitrogen and oxygen atoms in total. The molecule has 1 fully saturated rings.